The minimum absolute atomic E-state index is 0. The smallest absolute Gasteiger partial charge is 1.00 e. The maximum absolute atomic E-state index is 11.3. The summed E-state index contributed by atoms with van der Waals surface area (Å²) in [6.07, 6.45) is 0. The van der Waals surface area contributed by atoms with Crippen LogP contribution in [0.15, 0.2) is 30.3 Å². The van der Waals surface area contributed by atoms with Gasteiger partial charge in [0.15, 0.2) is 0 Å². The summed E-state index contributed by atoms with van der Waals surface area (Å²) in [5.74, 6) is -2.24. The van der Waals surface area contributed by atoms with E-state index in [1.54, 1.807) is 30.3 Å². The number of benzene rings is 1. The number of rotatable bonds is 4. The molecule has 8 heteroatoms. The van der Waals surface area contributed by atoms with Crippen LogP contribution in [-0.2, 0) is 13.9 Å². The Morgan fingerprint density at radius 3 is 2.29 bits per heavy atom. The van der Waals surface area contributed by atoms with Crippen LogP contribution in [0.4, 0.5) is 0 Å². The molecule has 0 aromatic heterocycles. The number of aliphatic hydroxyl groups is 1. The monoisotopic (exact) mass is 270 g/mol. The third kappa shape index (κ3) is 5.79. The van der Waals surface area contributed by atoms with Gasteiger partial charge in [0.2, 0.25) is 0 Å². The average molecular weight is 270 g/mol. The number of hydrogen-bond acceptors (Lipinski definition) is 4. The van der Waals surface area contributed by atoms with Gasteiger partial charge in [0, 0.05) is 0 Å². The van der Waals surface area contributed by atoms with E-state index in [9.17, 15) is 9.36 Å². The maximum Gasteiger partial charge on any atom is 1.00 e. The Morgan fingerprint density at radius 1 is 1.35 bits per heavy atom. The fraction of sp³-hybridized carbons (Fsp3) is 0.222. The van der Waals surface area contributed by atoms with Gasteiger partial charge >= 0.3 is 43.3 Å². The zero-order valence-electron chi connectivity index (χ0n) is 10.2. The van der Waals surface area contributed by atoms with E-state index in [0.717, 1.165) is 0 Å². The molecule has 0 aliphatic rings. The van der Waals surface area contributed by atoms with E-state index in [-0.39, 0.29) is 31.0 Å². The van der Waals surface area contributed by atoms with Crippen LogP contribution in [0.25, 0.3) is 0 Å². The molecule has 1 aromatic carbocycles. The molecule has 3 N–H and O–H groups in total. The first-order valence-electron chi connectivity index (χ1n) is 4.39. The Morgan fingerprint density at radius 2 is 1.88 bits per heavy atom. The molecule has 0 aliphatic carbocycles. The van der Waals surface area contributed by atoms with Crippen LogP contribution < -0.4 is 29.6 Å². The number of carbonyl (C=O) groups excluding carboxylic acids is 1. The Labute approximate surface area is 122 Å². The zero-order valence-corrected chi connectivity index (χ0v) is 12.1. The zero-order chi connectivity index (χ0) is 12.2. The van der Waals surface area contributed by atoms with E-state index in [1.807, 2.05) is 0 Å². The molecular formula is C9H12NaO6P. The summed E-state index contributed by atoms with van der Waals surface area (Å²) in [5.41, 5.74) is 0.434. The van der Waals surface area contributed by atoms with Crippen molar-refractivity contribution in [3.63, 3.8) is 0 Å². The van der Waals surface area contributed by atoms with Gasteiger partial charge in [-0.2, -0.15) is 0 Å². The molecule has 0 heterocycles. The molecular weight excluding hydrogens is 258 g/mol. The molecule has 0 fully saturated rings. The van der Waals surface area contributed by atoms with Crippen molar-refractivity contribution in [3.05, 3.63) is 35.9 Å². The molecule has 0 radical (unpaired) electrons. The second kappa shape index (κ2) is 7.28. The van der Waals surface area contributed by atoms with Crippen LogP contribution in [0.5, 0.6) is 0 Å². The van der Waals surface area contributed by atoms with Crippen LogP contribution in [0.1, 0.15) is 12.9 Å². The quantitative estimate of drug-likeness (QED) is 0.413. The van der Waals surface area contributed by atoms with Gasteiger partial charge in [-0.3, -0.25) is 14.6 Å². The Hall–Kier alpha value is -0.200. The van der Waals surface area contributed by atoms with Crippen molar-refractivity contribution in [1.29, 1.82) is 0 Å². The average Bonchev–Trinajstić information content (AvgIpc) is 2.17. The number of hydrogen-bond donors (Lipinski definition) is 3. The summed E-state index contributed by atoms with van der Waals surface area (Å²) >= 11 is 0. The molecule has 1 rings (SSSR count). The summed E-state index contributed by atoms with van der Waals surface area (Å²) in [4.78, 5) is 28.2. The molecule has 0 bridgehead atoms. The Bertz CT molecular complexity index is 409. The first kappa shape index (κ1) is 16.8. The van der Waals surface area contributed by atoms with Crippen molar-refractivity contribution >= 4 is 13.8 Å². The van der Waals surface area contributed by atoms with E-state index >= 15 is 0 Å². The number of phosphoric ester groups is 1. The van der Waals surface area contributed by atoms with Crippen molar-refractivity contribution < 1.29 is 59.8 Å². The van der Waals surface area contributed by atoms with Gasteiger partial charge in [-0.25, -0.2) is 4.57 Å². The van der Waals surface area contributed by atoms with Crippen LogP contribution in [0, 0.1) is 0 Å². The molecule has 1 atom stereocenters. The Balaban J connectivity index is 0. The predicted octanol–water partition coefficient (Wildman–Crippen LogP) is -2.49. The Kier molecular flexibility index (Phi) is 7.20. The van der Waals surface area contributed by atoms with Crippen molar-refractivity contribution in [1.82, 2.24) is 0 Å². The van der Waals surface area contributed by atoms with Gasteiger partial charge in [0.05, 0.1) is 6.61 Å². The summed E-state index contributed by atoms with van der Waals surface area (Å²) in [7, 11) is -4.87. The fourth-order valence-electron chi connectivity index (χ4n) is 1.18. The van der Waals surface area contributed by atoms with E-state index in [4.69, 9.17) is 14.9 Å². The second-order valence-corrected chi connectivity index (χ2v) is 4.21. The normalized spacial score (nSPS) is 12.4. The van der Waals surface area contributed by atoms with E-state index in [2.05, 4.69) is 4.52 Å². The summed E-state index contributed by atoms with van der Waals surface area (Å²) in [6, 6.07) is 8.11. The number of phosphoric acid groups is 1. The number of aliphatic hydroxyl groups excluding tert-OH is 1. The summed E-state index contributed by atoms with van der Waals surface area (Å²) in [5, 5.41) is 8.99. The molecule has 90 valence electrons. The van der Waals surface area contributed by atoms with Crippen LogP contribution >= 0.6 is 7.82 Å². The molecule has 17 heavy (non-hydrogen) atoms. The summed E-state index contributed by atoms with van der Waals surface area (Å²) in [6.45, 7) is -0.581. The summed E-state index contributed by atoms with van der Waals surface area (Å²) < 4.78 is 14.4. The molecule has 0 aliphatic heterocycles. The van der Waals surface area contributed by atoms with Crippen molar-refractivity contribution in [2.45, 2.75) is 5.92 Å². The maximum atomic E-state index is 11.3. The topological polar surface area (TPSA) is 104 Å². The van der Waals surface area contributed by atoms with Gasteiger partial charge in [-0.05, 0) is 5.56 Å². The molecule has 0 spiro atoms. The minimum Gasteiger partial charge on any atom is -1.00 e. The van der Waals surface area contributed by atoms with Crippen LogP contribution in [0.3, 0.4) is 0 Å². The van der Waals surface area contributed by atoms with Gasteiger partial charge in [0.1, 0.15) is 5.92 Å². The van der Waals surface area contributed by atoms with Crippen molar-refractivity contribution in [3.8, 4) is 0 Å². The molecule has 0 saturated carbocycles. The van der Waals surface area contributed by atoms with Gasteiger partial charge in [-0.1, -0.05) is 30.3 Å². The van der Waals surface area contributed by atoms with Gasteiger partial charge in [-0.15, -0.1) is 0 Å². The molecule has 1 unspecified atom stereocenters. The minimum atomic E-state index is -4.87. The molecule has 0 saturated heterocycles. The van der Waals surface area contributed by atoms with Gasteiger partial charge in [0.25, 0.3) is 0 Å². The van der Waals surface area contributed by atoms with E-state index in [0.29, 0.717) is 5.56 Å². The first-order valence-corrected chi connectivity index (χ1v) is 5.92. The second-order valence-electron chi connectivity index (χ2n) is 3.05. The number of carbonyl (C=O) groups is 1. The van der Waals surface area contributed by atoms with Crippen LogP contribution in [-0.4, -0.2) is 27.5 Å². The third-order valence-corrected chi connectivity index (χ3v) is 2.30. The van der Waals surface area contributed by atoms with E-state index in [1.165, 1.54) is 0 Å². The standard InChI is InChI=1S/C9H11O6P.Na.H/c10-6-8(7-4-2-1-3-5-7)9(11)15-16(12,13)14;;/h1-5,8,10H,6H2,(H2,12,13,14);;/q;+1;-1. The third-order valence-electron chi connectivity index (χ3n) is 1.88. The van der Waals surface area contributed by atoms with E-state index < -0.39 is 26.3 Å². The largest absolute Gasteiger partial charge is 1.00 e. The first-order chi connectivity index (χ1) is 7.44. The molecule has 1 aromatic rings. The van der Waals surface area contributed by atoms with Crippen molar-refractivity contribution in [2.75, 3.05) is 6.61 Å². The van der Waals surface area contributed by atoms with Crippen molar-refractivity contribution in [2.24, 2.45) is 0 Å². The fourth-order valence-corrected chi connectivity index (χ4v) is 1.54. The molecule has 6 nitrogen and oxygen atoms in total. The van der Waals surface area contributed by atoms with Gasteiger partial charge < -0.3 is 11.1 Å². The predicted molar refractivity (Wildman–Crippen MR) is 55.5 cm³/mol. The SMILES string of the molecule is O=C(OP(=O)(O)O)C(CO)c1ccccc1.[H-].[Na+]. The van der Waals surface area contributed by atoms with Crippen LogP contribution in [0.2, 0.25) is 0 Å². The molecule has 0 amide bonds.